The largest absolute Gasteiger partial charge is 0.389 e. The Hall–Kier alpha value is -0.120. The highest BCUT2D eigenvalue weighted by atomic mass is 79.9. The van der Waals surface area contributed by atoms with Crippen LogP contribution in [-0.2, 0) is 0 Å². The SMILES string of the molecule is C=C(CBr)[C@@H]1CC=C(C)[C@@H](O)[C@@H]1O. The molecule has 0 aromatic heterocycles. The summed E-state index contributed by atoms with van der Waals surface area (Å²) in [5.74, 6) is -0.0157. The van der Waals surface area contributed by atoms with E-state index in [0.717, 1.165) is 17.6 Å². The number of rotatable bonds is 2. The van der Waals surface area contributed by atoms with Gasteiger partial charge in [-0.2, -0.15) is 0 Å². The second kappa shape index (κ2) is 4.40. The quantitative estimate of drug-likeness (QED) is 0.575. The number of hydrogen-bond donors (Lipinski definition) is 2. The summed E-state index contributed by atoms with van der Waals surface area (Å²) in [5, 5.41) is 20.0. The van der Waals surface area contributed by atoms with Gasteiger partial charge in [-0.05, 0) is 18.9 Å². The average Bonchev–Trinajstić information content (AvgIpc) is 2.13. The van der Waals surface area contributed by atoms with E-state index < -0.39 is 12.2 Å². The van der Waals surface area contributed by atoms with Crippen LogP contribution in [0.25, 0.3) is 0 Å². The number of hydrogen-bond acceptors (Lipinski definition) is 2. The lowest BCUT2D eigenvalue weighted by molar-refractivity contribution is 0.00636. The lowest BCUT2D eigenvalue weighted by Crippen LogP contribution is -2.38. The van der Waals surface area contributed by atoms with E-state index in [-0.39, 0.29) is 5.92 Å². The van der Waals surface area contributed by atoms with Gasteiger partial charge in [-0.1, -0.05) is 34.2 Å². The Bertz CT molecular complexity index is 235. The first-order valence-electron chi connectivity index (χ1n) is 4.34. The Morgan fingerprint density at radius 2 is 2.31 bits per heavy atom. The van der Waals surface area contributed by atoms with E-state index in [9.17, 15) is 10.2 Å². The lowest BCUT2D eigenvalue weighted by Gasteiger charge is -2.31. The number of alkyl halides is 1. The normalized spacial score (nSPS) is 34.2. The van der Waals surface area contributed by atoms with Gasteiger partial charge in [0.25, 0.3) is 0 Å². The van der Waals surface area contributed by atoms with Crippen LogP contribution >= 0.6 is 15.9 Å². The Morgan fingerprint density at radius 1 is 1.69 bits per heavy atom. The van der Waals surface area contributed by atoms with Crippen molar-refractivity contribution < 1.29 is 10.2 Å². The Balaban J connectivity index is 2.76. The number of halogens is 1. The Labute approximate surface area is 87.1 Å². The van der Waals surface area contributed by atoms with Crippen LogP contribution in [0.5, 0.6) is 0 Å². The van der Waals surface area contributed by atoms with Crippen molar-refractivity contribution in [2.45, 2.75) is 25.6 Å². The van der Waals surface area contributed by atoms with Crippen molar-refractivity contribution >= 4 is 15.9 Å². The minimum absolute atomic E-state index is 0.0157. The fourth-order valence-corrected chi connectivity index (χ4v) is 1.99. The molecule has 0 saturated heterocycles. The Morgan fingerprint density at radius 3 is 2.85 bits per heavy atom. The molecule has 0 radical (unpaired) electrons. The molecular formula is C10H15BrO2. The molecule has 0 saturated carbocycles. The van der Waals surface area contributed by atoms with E-state index >= 15 is 0 Å². The van der Waals surface area contributed by atoms with Crippen molar-refractivity contribution in [1.82, 2.24) is 0 Å². The van der Waals surface area contributed by atoms with E-state index in [1.807, 2.05) is 13.0 Å². The van der Waals surface area contributed by atoms with Crippen molar-refractivity contribution in [2.75, 3.05) is 5.33 Å². The van der Waals surface area contributed by atoms with Crippen molar-refractivity contribution in [3.63, 3.8) is 0 Å². The predicted octanol–water partition coefficient (Wildman–Crippen LogP) is 1.63. The molecule has 3 heteroatoms. The molecule has 0 fully saturated rings. The topological polar surface area (TPSA) is 40.5 Å². The summed E-state index contributed by atoms with van der Waals surface area (Å²) in [6, 6.07) is 0. The highest BCUT2D eigenvalue weighted by Crippen LogP contribution is 2.29. The fraction of sp³-hybridized carbons (Fsp3) is 0.600. The standard InChI is InChI=1S/C10H15BrO2/c1-6-3-4-8(7(2)5-11)10(13)9(6)12/h3,8-10,12-13H,2,4-5H2,1H3/t8-,9+,10+/m0/s1. The number of aliphatic hydroxyl groups excluding tert-OH is 2. The maximum absolute atomic E-state index is 9.74. The lowest BCUT2D eigenvalue weighted by atomic mass is 9.82. The van der Waals surface area contributed by atoms with Crippen LogP contribution in [-0.4, -0.2) is 27.8 Å². The van der Waals surface area contributed by atoms with Gasteiger partial charge in [0.2, 0.25) is 0 Å². The van der Waals surface area contributed by atoms with Crippen molar-refractivity contribution in [3.8, 4) is 0 Å². The maximum Gasteiger partial charge on any atom is 0.101 e. The zero-order chi connectivity index (χ0) is 10.0. The molecule has 0 amide bonds. The molecule has 0 bridgehead atoms. The molecule has 74 valence electrons. The molecule has 1 aliphatic carbocycles. The van der Waals surface area contributed by atoms with Crippen LogP contribution in [0.15, 0.2) is 23.8 Å². The van der Waals surface area contributed by atoms with Gasteiger partial charge in [0, 0.05) is 11.2 Å². The molecule has 0 unspecified atom stereocenters. The summed E-state index contributed by atoms with van der Waals surface area (Å²) in [6.45, 7) is 5.69. The minimum atomic E-state index is -0.727. The second-order valence-electron chi connectivity index (χ2n) is 3.52. The van der Waals surface area contributed by atoms with Gasteiger partial charge >= 0.3 is 0 Å². The van der Waals surface area contributed by atoms with Gasteiger partial charge in [0.1, 0.15) is 6.10 Å². The van der Waals surface area contributed by atoms with Crippen LogP contribution < -0.4 is 0 Å². The first kappa shape index (κ1) is 11.0. The minimum Gasteiger partial charge on any atom is -0.389 e. The summed E-state index contributed by atoms with van der Waals surface area (Å²) >= 11 is 3.30. The highest BCUT2D eigenvalue weighted by molar-refractivity contribution is 9.09. The number of allylic oxidation sites excluding steroid dienone is 1. The zero-order valence-electron chi connectivity index (χ0n) is 7.70. The van der Waals surface area contributed by atoms with Gasteiger partial charge in [-0.15, -0.1) is 0 Å². The second-order valence-corrected chi connectivity index (χ2v) is 4.08. The van der Waals surface area contributed by atoms with Crippen LogP contribution in [0.1, 0.15) is 13.3 Å². The van der Waals surface area contributed by atoms with E-state index in [1.165, 1.54) is 0 Å². The van der Waals surface area contributed by atoms with E-state index in [4.69, 9.17) is 0 Å². The number of aliphatic hydroxyl groups is 2. The van der Waals surface area contributed by atoms with Gasteiger partial charge in [-0.25, -0.2) is 0 Å². The molecule has 0 aromatic carbocycles. The van der Waals surface area contributed by atoms with E-state index in [2.05, 4.69) is 22.5 Å². The molecule has 3 atom stereocenters. The third-order valence-electron chi connectivity index (χ3n) is 2.59. The van der Waals surface area contributed by atoms with Crippen molar-refractivity contribution in [2.24, 2.45) is 5.92 Å². The van der Waals surface area contributed by atoms with Crippen LogP contribution in [0, 0.1) is 5.92 Å². The fourth-order valence-electron chi connectivity index (χ4n) is 1.57. The molecule has 0 spiro atoms. The highest BCUT2D eigenvalue weighted by Gasteiger charge is 2.31. The first-order valence-corrected chi connectivity index (χ1v) is 5.46. The van der Waals surface area contributed by atoms with Crippen LogP contribution in [0.3, 0.4) is 0 Å². The van der Waals surface area contributed by atoms with Crippen molar-refractivity contribution in [3.05, 3.63) is 23.8 Å². The Kier molecular flexibility index (Phi) is 3.71. The van der Waals surface area contributed by atoms with Crippen LogP contribution in [0.2, 0.25) is 0 Å². The van der Waals surface area contributed by atoms with Crippen LogP contribution in [0.4, 0.5) is 0 Å². The van der Waals surface area contributed by atoms with Gasteiger partial charge < -0.3 is 10.2 Å². The average molecular weight is 247 g/mol. The summed E-state index contributed by atoms with van der Waals surface area (Å²) in [6.07, 6.45) is 1.31. The molecule has 0 heterocycles. The third-order valence-corrected chi connectivity index (χ3v) is 3.31. The molecule has 1 aliphatic rings. The summed E-state index contributed by atoms with van der Waals surface area (Å²) in [5.41, 5.74) is 1.79. The summed E-state index contributed by atoms with van der Waals surface area (Å²) < 4.78 is 0. The monoisotopic (exact) mass is 246 g/mol. The molecule has 0 aromatic rings. The van der Waals surface area contributed by atoms with Gasteiger partial charge in [-0.3, -0.25) is 0 Å². The van der Waals surface area contributed by atoms with Gasteiger partial charge in [0.15, 0.2) is 0 Å². The zero-order valence-corrected chi connectivity index (χ0v) is 9.29. The molecular weight excluding hydrogens is 232 g/mol. The van der Waals surface area contributed by atoms with E-state index in [1.54, 1.807) is 0 Å². The van der Waals surface area contributed by atoms with Crippen molar-refractivity contribution in [1.29, 1.82) is 0 Å². The van der Waals surface area contributed by atoms with Gasteiger partial charge in [0.05, 0.1) is 6.10 Å². The molecule has 0 aliphatic heterocycles. The molecule has 2 N–H and O–H groups in total. The van der Waals surface area contributed by atoms with E-state index in [0.29, 0.717) is 5.33 Å². The maximum atomic E-state index is 9.74. The smallest absolute Gasteiger partial charge is 0.101 e. The molecule has 1 rings (SSSR count). The predicted molar refractivity (Wildman–Crippen MR) is 56.8 cm³/mol. The first-order chi connectivity index (χ1) is 6.07. The third kappa shape index (κ3) is 2.22. The molecule has 2 nitrogen and oxygen atoms in total. The summed E-state index contributed by atoms with van der Waals surface area (Å²) in [7, 11) is 0. The summed E-state index contributed by atoms with van der Waals surface area (Å²) in [4.78, 5) is 0. The molecule has 13 heavy (non-hydrogen) atoms.